The number of amides is 1. The number of fused-ring (bicyclic) bond motifs is 1. The number of nitrogens with zero attached hydrogens (tertiary/aromatic N) is 4. The van der Waals surface area contributed by atoms with Crippen LogP contribution in [0.4, 0.5) is 0 Å². The first kappa shape index (κ1) is 18.8. The number of benzene rings is 2. The highest BCUT2D eigenvalue weighted by Gasteiger charge is 2.34. The predicted octanol–water partition coefficient (Wildman–Crippen LogP) is 5.27. The molecule has 0 N–H and O–H groups in total. The highest BCUT2D eigenvalue weighted by Crippen LogP contribution is 2.35. The molecule has 1 amide bonds. The topological polar surface area (TPSA) is 58.5 Å². The van der Waals surface area contributed by atoms with Gasteiger partial charge in [0.15, 0.2) is 0 Å². The van der Waals surface area contributed by atoms with Crippen LogP contribution >= 0.6 is 23.2 Å². The molecule has 1 aliphatic rings. The monoisotopic (exact) mass is 412 g/mol. The van der Waals surface area contributed by atoms with Crippen molar-refractivity contribution >= 4 is 45.9 Å². The van der Waals surface area contributed by atoms with E-state index < -0.39 is 0 Å². The number of hydrogen-bond acceptors (Lipinski definition) is 4. The summed E-state index contributed by atoms with van der Waals surface area (Å²) in [4.78, 5) is 21.5. The van der Waals surface area contributed by atoms with Crippen molar-refractivity contribution in [3.8, 4) is 0 Å². The third-order valence-electron chi connectivity index (χ3n) is 4.76. The van der Waals surface area contributed by atoms with Gasteiger partial charge in [-0.25, -0.2) is 5.01 Å². The van der Waals surface area contributed by atoms with Crippen molar-refractivity contribution in [2.75, 3.05) is 0 Å². The molecule has 0 fully saturated rings. The maximum Gasteiger partial charge on any atom is 0.245 e. The Labute approximate surface area is 173 Å². The van der Waals surface area contributed by atoms with Gasteiger partial charge in [-0.3, -0.25) is 14.8 Å². The summed E-state index contributed by atoms with van der Waals surface area (Å²) >= 11 is 12.2. The average Bonchev–Trinajstić information content (AvgIpc) is 3.14. The van der Waals surface area contributed by atoms with E-state index in [9.17, 15) is 4.79 Å². The lowest BCUT2D eigenvalue weighted by Gasteiger charge is -2.23. The standard InChI is InChI=1S/C21H18Cl2N4O/c1-12(2)21(28)27-20(14-4-6-17-19(10-14)25-8-7-24-17)11-18(26-27)13-3-5-15(22)16(23)9-13/h3-10,12,20H,11H2,1-2H3. The molecular formula is C21H18Cl2N4O. The van der Waals surface area contributed by atoms with E-state index in [-0.39, 0.29) is 17.9 Å². The molecule has 0 saturated heterocycles. The van der Waals surface area contributed by atoms with Crippen molar-refractivity contribution < 1.29 is 4.79 Å². The lowest BCUT2D eigenvalue weighted by Crippen LogP contribution is -2.30. The molecule has 2 heterocycles. The minimum atomic E-state index is -0.203. The fourth-order valence-corrected chi connectivity index (χ4v) is 3.57. The molecule has 1 aliphatic heterocycles. The number of aromatic nitrogens is 2. The van der Waals surface area contributed by atoms with E-state index in [1.807, 2.05) is 38.1 Å². The number of rotatable bonds is 3. The average molecular weight is 413 g/mol. The normalized spacial score (nSPS) is 16.7. The molecule has 7 heteroatoms. The van der Waals surface area contributed by atoms with Crippen LogP contribution < -0.4 is 0 Å². The number of hydrogen-bond donors (Lipinski definition) is 0. The quantitative estimate of drug-likeness (QED) is 0.588. The molecule has 5 nitrogen and oxygen atoms in total. The number of carbonyl (C=O) groups excluding carboxylic acids is 1. The van der Waals surface area contributed by atoms with Gasteiger partial charge < -0.3 is 0 Å². The van der Waals surface area contributed by atoms with E-state index in [1.54, 1.807) is 29.5 Å². The summed E-state index contributed by atoms with van der Waals surface area (Å²) < 4.78 is 0. The Morgan fingerprint density at radius 3 is 2.50 bits per heavy atom. The summed E-state index contributed by atoms with van der Waals surface area (Å²) in [5.41, 5.74) is 4.24. The Balaban J connectivity index is 1.75. The Morgan fingerprint density at radius 1 is 1.04 bits per heavy atom. The van der Waals surface area contributed by atoms with Gasteiger partial charge in [-0.2, -0.15) is 5.10 Å². The molecule has 1 unspecified atom stereocenters. The van der Waals surface area contributed by atoms with Gasteiger partial charge >= 0.3 is 0 Å². The summed E-state index contributed by atoms with van der Waals surface area (Å²) in [7, 11) is 0. The fraction of sp³-hybridized carbons (Fsp3) is 0.238. The zero-order chi connectivity index (χ0) is 19.8. The maximum atomic E-state index is 12.8. The van der Waals surface area contributed by atoms with E-state index in [0.717, 1.165) is 27.9 Å². The summed E-state index contributed by atoms with van der Waals surface area (Å²) in [6.45, 7) is 3.75. The smallest absolute Gasteiger partial charge is 0.245 e. The van der Waals surface area contributed by atoms with E-state index in [2.05, 4.69) is 15.1 Å². The molecule has 28 heavy (non-hydrogen) atoms. The Morgan fingerprint density at radius 2 is 1.79 bits per heavy atom. The Kier molecular flexibility index (Phi) is 5.04. The maximum absolute atomic E-state index is 12.8. The van der Waals surface area contributed by atoms with Gasteiger partial charge in [-0.15, -0.1) is 0 Å². The van der Waals surface area contributed by atoms with Crippen molar-refractivity contribution in [3.05, 3.63) is 70.0 Å². The highest BCUT2D eigenvalue weighted by atomic mass is 35.5. The molecule has 142 valence electrons. The third-order valence-corrected chi connectivity index (χ3v) is 5.50. The van der Waals surface area contributed by atoms with E-state index in [4.69, 9.17) is 23.2 Å². The second-order valence-electron chi connectivity index (χ2n) is 7.04. The van der Waals surface area contributed by atoms with E-state index in [0.29, 0.717) is 16.5 Å². The van der Waals surface area contributed by atoms with Crippen molar-refractivity contribution in [2.45, 2.75) is 26.3 Å². The van der Waals surface area contributed by atoms with Crippen molar-refractivity contribution in [3.63, 3.8) is 0 Å². The molecular weight excluding hydrogens is 395 g/mol. The van der Waals surface area contributed by atoms with Gasteiger partial charge in [-0.1, -0.05) is 49.2 Å². The SMILES string of the molecule is CC(C)C(=O)N1N=C(c2ccc(Cl)c(Cl)c2)CC1c1ccc2nccnc2c1. The molecule has 4 rings (SSSR count). The van der Waals surface area contributed by atoms with Crippen LogP contribution in [0.3, 0.4) is 0 Å². The molecule has 1 aromatic heterocycles. The predicted molar refractivity (Wildman–Crippen MR) is 112 cm³/mol. The summed E-state index contributed by atoms with van der Waals surface area (Å²) in [6, 6.07) is 11.1. The molecule has 3 aromatic rings. The van der Waals surface area contributed by atoms with E-state index >= 15 is 0 Å². The van der Waals surface area contributed by atoms with Gasteiger partial charge in [0.05, 0.1) is 32.8 Å². The lowest BCUT2D eigenvalue weighted by atomic mass is 9.97. The number of halogens is 2. The zero-order valence-corrected chi connectivity index (χ0v) is 16.9. The summed E-state index contributed by atoms with van der Waals surface area (Å²) in [5, 5.41) is 7.19. The minimum absolute atomic E-state index is 0.0284. The Hall–Kier alpha value is -2.50. The second-order valence-corrected chi connectivity index (χ2v) is 7.85. The first-order chi connectivity index (χ1) is 13.4. The second kappa shape index (κ2) is 7.49. The van der Waals surface area contributed by atoms with Crippen molar-refractivity contribution in [1.29, 1.82) is 0 Å². The first-order valence-corrected chi connectivity index (χ1v) is 9.76. The van der Waals surface area contributed by atoms with Crippen LogP contribution in [0.2, 0.25) is 10.0 Å². The van der Waals surface area contributed by atoms with Crippen LogP contribution in [-0.4, -0.2) is 26.6 Å². The molecule has 2 aromatic carbocycles. The van der Waals surface area contributed by atoms with Crippen molar-refractivity contribution in [1.82, 2.24) is 15.0 Å². The fourth-order valence-electron chi connectivity index (χ4n) is 3.28. The number of carbonyl (C=O) groups is 1. The van der Waals surface area contributed by atoms with Gasteiger partial charge in [0.2, 0.25) is 5.91 Å². The Bertz CT molecular complexity index is 1100. The van der Waals surface area contributed by atoms with Crippen LogP contribution in [0, 0.1) is 5.92 Å². The van der Waals surface area contributed by atoms with Crippen molar-refractivity contribution in [2.24, 2.45) is 11.0 Å². The van der Waals surface area contributed by atoms with E-state index in [1.165, 1.54) is 0 Å². The summed E-state index contributed by atoms with van der Waals surface area (Å²) in [6.07, 6.45) is 3.91. The van der Waals surface area contributed by atoms with Gasteiger partial charge in [-0.05, 0) is 35.4 Å². The molecule has 0 radical (unpaired) electrons. The van der Waals surface area contributed by atoms with Gasteiger partial charge in [0.25, 0.3) is 0 Å². The van der Waals surface area contributed by atoms with Gasteiger partial charge in [0.1, 0.15) is 0 Å². The summed E-state index contributed by atoms with van der Waals surface area (Å²) in [5.74, 6) is -0.195. The molecule has 0 saturated carbocycles. The molecule has 0 aliphatic carbocycles. The van der Waals surface area contributed by atoms with Crippen LogP contribution in [0.15, 0.2) is 53.9 Å². The van der Waals surface area contributed by atoms with Gasteiger partial charge in [0, 0.05) is 24.7 Å². The lowest BCUT2D eigenvalue weighted by molar-refractivity contribution is -0.136. The largest absolute Gasteiger partial charge is 0.273 e. The first-order valence-electron chi connectivity index (χ1n) is 9.00. The van der Waals surface area contributed by atoms with Crippen LogP contribution in [0.1, 0.15) is 37.4 Å². The molecule has 0 bridgehead atoms. The van der Waals surface area contributed by atoms with Crippen LogP contribution in [-0.2, 0) is 4.79 Å². The highest BCUT2D eigenvalue weighted by molar-refractivity contribution is 6.42. The minimum Gasteiger partial charge on any atom is -0.273 e. The zero-order valence-electron chi connectivity index (χ0n) is 15.4. The number of hydrazone groups is 1. The van der Waals surface area contributed by atoms with Crippen LogP contribution in [0.25, 0.3) is 11.0 Å². The van der Waals surface area contributed by atoms with Crippen LogP contribution in [0.5, 0.6) is 0 Å². The molecule has 0 spiro atoms. The third kappa shape index (κ3) is 3.48. The molecule has 1 atom stereocenters.